The second kappa shape index (κ2) is 7.53. The van der Waals surface area contributed by atoms with Crippen molar-refractivity contribution in [3.8, 4) is 5.75 Å². The summed E-state index contributed by atoms with van der Waals surface area (Å²) in [5.41, 5.74) is 7.23. The Labute approximate surface area is 128 Å². The topological polar surface area (TPSA) is 38.5 Å². The SMILES string of the molecule is COc1ccc(Br)cc1C(CN)N1CCCSCC1. The van der Waals surface area contributed by atoms with Crippen molar-refractivity contribution in [3.05, 3.63) is 28.2 Å². The van der Waals surface area contributed by atoms with E-state index in [2.05, 4.69) is 26.9 Å². The van der Waals surface area contributed by atoms with E-state index < -0.39 is 0 Å². The van der Waals surface area contributed by atoms with Gasteiger partial charge in [-0.2, -0.15) is 11.8 Å². The molecule has 1 unspecified atom stereocenters. The molecule has 1 atom stereocenters. The smallest absolute Gasteiger partial charge is 0.123 e. The minimum atomic E-state index is 0.242. The molecule has 0 spiro atoms. The van der Waals surface area contributed by atoms with Crippen LogP contribution in [-0.2, 0) is 0 Å². The molecule has 2 rings (SSSR count). The van der Waals surface area contributed by atoms with Crippen LogP contribution in [-0.4, -0.2) is 43.1 Å². The molecule has 0 aromatic heterocycles. The van der Waals surface area contributed by atoms with Gasteiger partial charge in [0.15, 0.2) is 0 Å². The van der Waals surface area contributed by atoms with E-state index in [4.69, 9.17) is 10.5 Å². The fraction of sp³-hybridized carbons (Fsp3) is 0.571. The predicted molar refractivity (Wildman–Crippen MR) is 86.0 cm³/mol. The summed E-state index contributed by atoms with van der Waals surface area (Å²) >= 11 is 5.58. The first-order valence-electron chi connectivity index (χ1n) is 6.61. The highest BCUT2D eigenvalue weighted by Crippen LogP contribution is 2.32. The number of halogens is 1. The minimum absolute atomic E-state index is 0.242. The number of methoxy groups -OCH3 is 1. The second-order valence-electron chi connectivity index (χ2n) is 4.64. The van der Waals surface area contributed by atoms with Crippen LogP contribution in [0.1, 0.15) is 18.0 Å². The molecule has 5 heteroatoms. The molecule has 0 bridgehead atoms. The van der Waals surface area contributed by atoms with Crippen molar-refractivity contribution in [2.45, 2.75) is 12.5 Å². The molecule has 1 heterocycles. The second-order valence-corrected chi connectivity index (χ2v) is 6.78. The molecule has 1 aliphatic rings. The Hall–Kier alpha value is -0.230. The maximum Gasteiger partial charge on any atom is 0.123 e. The van der Waals surface area contributed by atoms with Crippen LogP contribution in [0.5, 0.6) is 5.75 Å². The molecule has 0 radical (unpaired) electrons. The van der Waals surface area contributed by atoms with Crippen molar-refractivity contribution < 1.29 is 4.74 Å². The van der Waals surface area contributed by atoms with Gasteiger partial charge >= 0.3 is 0 Å². The molecule has 0 aliphatic carbocycles. The van der Waals surface area contributed by atoms with Crippen molar-refractivity contribution >= 4 is 27.7 Å². The molecule has 19 heavy (non-hydrogen) atoms. The predicted octanol–water partition coefficient (Wildman–Crippen LogP) is 2.90. The quantitative estimate of drug-likeness (QED) is 0.911. The van der Waals surface area contributed by atoms with Crippen molar-refractivity contribution in [3.63, 3.8) is 0 Å². The third-order valence-corrected chi connectivity index (χ3v) is 5.01. The average molecular weight is 345 g/mol. The number of hydrogen-bond acceptors (Lipinski definition) is 4. The molecule has 0 saturated carbocycles. The van der Waals surface area contributed by atoms with E-state index in [1.165, 1.54) is 23.5 Å². The maximum absolute atomic E-state index is 6.04. The average Bonchev–Trinajstić information content (AvgIpc) is 2.69. The first-order valence-corrected chi connectivity index (χ1v) is 8.56. The molecular formula is C14H21BrN2OS. The van der Waals surface area contributed by atoms with Gasteiger partial charge in [-0.05, 0) is 36.9 Å². The standard InChI is InChI=1S/C14H21BrN2OS/c1-18-14-4-3-11(15)9-12(14)13(10-16)17-5-2-7-19-8-6-17/h3-4,9,13H,2,5-8,10,16H2,1H3. The molecule has 106 valence electrons. The summed E-state index contributed by atoms with van der Waals surface area (Å²) in [5, 5.41) is 0. The summed E-state index contributed by atoms with van der Waals surface area (Å²) in [4.78, 5) is 2.49. The first-order chi connectivity index (χ1) is 9.26. The summed E-state index contributed by atoms with van der Waals surface area (Å²) in [6, 6.07) is 6.39. The number of nitrogens with zero attached hydrogens (tertiary/aromatic N) is 1. The highest BCUT2D eigenvalue weighted by molar-refractivity contribution is 9.10. The summed E-state index contributed by atoms with van der Waals surface area (Å²) in [5.74, 6) is 3.37. The van der Waals surface area contributed by atoms with Crippen LogP contribution in [0.2, 0.25) is 0 Å². The van der Waals surface area contributed by atoms with E-state index in [1.807, 2.05) is 23.9 Å². The first kappa shape index (κ1) is 15.2. The van der Waals surface area contributed by atoms with E-state index in [1.54, 1.807) is 7.11 Å². The van der Waals surface area contributed by atoms with Gasteiger partial charge in [-0.15, -0.1) is 0 Å². The molecule has 2 N–H and O–H groups in total. The van der Waals surface area contributed by atoms with Crippen LogP contribution in [0.25, 0.3) is 0 Å². The van der Waals surface area contributed by atoms with Crippen LogP contribution in [0.3, 0.4) is 0 Å². The Bertz CT molecular complexity index is 408. The maximum atomic E-state index is 6.04. The van der Waals surface area contributed by atoms with Gasteiger partial charge < -0.3 is 10.5 Å². The van der Waals surface area contributed by atoms with Crippen LogP contribution < -0.4 is 10.5 Å². The zero-order chi connectivity index (χ0) is 13.7. The molecule has 3 nitrogen and oxygen atoms in total. The van der Waals surface area contributed by atoms with E-state index in [0.29, 0.717) is 6.54 Å². The largest absolute Gasteiger partial charge is 0.496 e. The summed E-state index contributed by atoms with van der Waals surface area (Å²) in [6.07, 6.45) is 1.23. The number of rotatable bonds is 4. The molecular weight excluding hydrogens is 324 g/mol. The van der Waals surface area contributed by atoms with Crippen molar-refractivity contribution in [2.75, 3.05) is 38.2 Å². The van der Waals surface area contributed by atoms with E-state index in [9.17, 15) is 0 Å². The van der Waals surface area contributed by atoms with Gasteiger partial charge in [0.05, 0.1) is 13.2 Å². The number of benzene rings is 1. The Morgan fingerprint density at radius 3 is 3.00 bits per heavy atom. The van der Waals surface area contributed by atoms with Gasteiger partial charge in [0.25, 0.3) is 0 Å². The molecule has 0 amide bonds. The lowest BCUT2D eigenvalue weighted by Gasteiger charge is -2.30. The minimum Gasteiger partial charge on any atom is -0.496 e. The lowest BCUT2D eigenvalue weighted by atomic mass is 10.0. The van der Waals surface area contributed by atoms with Crippen LogP contribution in [0.4, 0.5) is 0 Å². The molecule has 1 aromatic carbocycles. The number of thioether (sulfide) groups is 1. The molecule has 1 aromatic rings. The molecule has 1 saturated heterocycles. The highest BCUT2D eigenvalue weighted by Gasteiger charge is 2.23. The lowest BCUT2D eigenvalue weighted by Crippen LogP contribution is -2.35. The van der Waals surface area contributed by atoms with E-state index >= 15 is 0 Å². The summed E-state index contributed by atoms with van der Waals surface area (Å²) in [6.45, 7) is 2.84. The van der Waals surface area contributed by atoms with E-state index in [-0.39, 0.29) is 6.04 Å². The van der Waals surface area contributed by atoms with Gasteiger partial charge in [-0.1, -0.05) is 15.9 Å². The van der Waals surface area contributed by atoms with Crippen molar-refractivity contribution in [1.82, 2.24) is 4.90 Å². The van der Waals surface area contributed by atoms with Crippen LogP contribution >= 0.6 is 27.7 Å². The fourth-order valence-electron chi connectivity index (χ4n) is 2.52. The Kier molecular flexibility index (Phi) is 6.01. The number of ether oxygens (including phenoxy) is 1. The van der Waals surface area contributed by atoms with Gasteiger partial charge in [0, 0.05) is 28.9 Å². The van der Waals surface area contributed by atoms with Gasteiger partial charge in [0.2, 0.25) is 0 Å². The molecule has 1 aliphatic heterocycles. The summed E-state index contributed by atoms with van der Waals surface area (Å²) < 4.78 is 6.57. The monoisotopic (exact) mass is 344 g/mol. The van der Waals surface area contributed by atoms with Crippen molar-refractivity contribution in [2.24, 2.45) is 5.73 Å². The van der Waals surface area contributed by atoms with Gasteiger partial charge in [-0.25, -0.2) is 0 Å². The van der Waals surface area contributed by atoms with E-state index in [0.717, 1.165) is 23.3 Å². The van der Waals surface area contributed by atoms with Crippen LogP contribution in [0, 0.1) is 0 Å². The van der Waals surface area contributed by atoms with Gasteiger partial charge in [-0.3, -0.25) is 4.90 Å². The van der Waals surface area contributed by atoms with Crippen LogP contribution in [0.15, 0.2) is 22.7 Å². The van der Waals surface area contributed by atoms with Crippen molar-refractivity contribution in [1.29, 1.82) is 0 Å². The zero-order valence-electron chi connectivity index (χ0n) is 11.3. The number of hydrogen-bond donors (Lipinski definition) is 1. The normalized spacial score (nSPS) is 18.9. The van der Waals surface area contributed by atoms with Gasteiger partial charge in [0.1, 0.15) is 5.75 Å². The fourth-order valence-corrected chi connectivity index (χ4v) is 3.80. The highest BCUT2D eigenvalue weighted by atomic mass is 79.9. The Morgan fingerprint density at radius 2 is 2.26 bits per heavy atom. The summed E-state index contributed by atoms with van der Waals surface area (Å²) in [7, 11) is 1.72. The third kappa shape index (κ3) is 3.88. The zero-order valence-corrected chi connectivity index (χ0v) is 13.7. The number of nitrogens with two attached hydrogens (primary N) is 1. The third-order valence-electron chi connectivity index (χ3n) is 3.47. The molecule has 1 fully saturated rings. The lowest BCUT2D eigenvalue weighted by molar-refractivity contribution is 0.213. The Morgan fingerprint density at radius 1 is 1.42 bits per heavy atom. The Balaban J connectivity index is 2.26.